The second-order valence-corrected chi connectivity index (χ2v) is 7.81. The molecule has 2 aromatic rings. The summed E-state index contributed by atoms with van der Waals surface area (Å²) in [5.74, 6) is -1.31. The fourth-order valence-corrected chi connectivity index (χ4v) is 3.54. The number of benzene rings is 1. The van der Waals surface area contributed by atoms with Gasteiger partial charge in [0, 0.05) is 18.0 Å². The highest BCUT2D eigenvalue weighted by Gasteiger charge is 2.53. The van der Waals surface area contributed by atoms with Gasteiger partial charge in [-0.3, -0.25) is 9.59 Å². The molecule has 142 valence electrons. The molecule has 0 radical (unpaired) electrons. The van der Waals surface area contributed by atoms with Gasteiger partial charge in [-0.1, -0.05) is 12.1 Å². The van der Waals surface area contributed by atoms with Crippen LogP contribution in [0.4, 0.5) is 0 Å². The Bertz CT molecular complexity index is 875. The Morgan fingerprint density at radius 1 is 0.963 bits per heavy atom. The average molecular weight is 368 g/mol. The van der Waals surface area contributed by atoms with Crippen LogP contribution < -0.4 is 4.74 Å². The number of carbonyl (C=O) groups is 2. The summed E-state index contributed by atoms with van der Waals surface area (Å²) in [6.07, 6.45) is 3.31. The maximum atomic E-state index is 13.0. The first-order valence-corrected chi connectivity index (χ1v) is 8.82. The van der Waals surface area contributed by atoms with Crippen LogP contribution in [-0.2, 0) is 14.3 Å². The van der Waals surface area contributed by atoms with Crippen LogP contribution >= 0.6 is 0 Å². The zero-order chi connectivity index (χ0) is 20.0. The molecule has 1 aromatic heterocycles. The normalized spacial score (nSPS) is 19.2. The molecule has 1 aliphatic rings. The molecule has 0 amide bonds. The van der Waals surface area contributed by atoms with Crippen LogP contribution in [0.25, 0.3) is 11.1 Å². The van der Waals surface area contributed by atoms with Crippen molar-refractivity contribution >= 4 is 11.6 Å². The van der Waals surface area contributed by atoms with Crippen molar-refractivity contribution in [1.29, 1.82) is 0 Å². The molecule has 0 aliphatic carbocycles. The van der Waals surface area contributed by atoms with E-state index in [1.807, 2.05) is 25.1 Å². The number of hydrogen-bond acceptors (Lipinski definition) is 6. The Hall–Kier alpha value is -2.60. The van der Waals surface area contributed by atoms with E-state index in [0.717, 1.165) is 16.7 Å². The SMILES string of the molecule is COc1ncc(-c2ccc(C)c(C3C(=O)C(C)(C)OC(C)(C)C3=O)c2)cn1. The topological polar surface area (TPSA) is 78.4 Å². The smallest absolute Gasteiger partial charge is 0.316 e. The molecule has 1 aliphatic heterocycles. The Labute approximate surface area is 158 Å². The number of ketones is 2. The molecule has 0 N–H and O–H groups in total. The number of methoxy groups -OCH3 is 1. The minimum Gasteiger partial charge on any atom is -0.467 e. The lowest BCUT2D eigenvalue weighted by molar-refractivity contribution is -0.184. The average Bonchev–Trinajstić information content (AvgIpc) is 2.61. The quantitative estimate of drug-likeness (QED) is 0.774. The summed E-state index contributed by atoms with van der Waals surface area (Å²) in [5, 5.41) is 0. The van der Waals surface area contributed by atoms with Crippen molar-refractivity contribution in [3.63, 3.8) is 0 Å². The van der Waals surface area contributed by atoms with Gasteiger partial charge in [0.05, 0.1) is 7.11 Å². The van der Waals surface area contributed by atoms with Crippen LogP contribution in [0.15, 0.2) is 30.6 Å². The number of rotatable bonds is 3. The number of ether oxygens (including phenoxy) is 2. The number of aromatic nitrogens is 2. The zero-order valence-corrected chi connectivity index (χ0v) is 16.5. The summed E-state index contributed by atoms with van der Waals surface area (Å²) in [6.45, 7) is 8.76. The van der Waals surface area contributed by atoms with Crippen LogP contribution in [-0.4, -0.2) is 39.8 Å². The molecule has 0 bridgehead atoms. The molecule has 1 saturated heterocycles. The van der Waals surface area contributed by atoms with Gasteiger partial charge in [0.25, 0.3) is 0 Å². The molecular weight excluding hydrogens is 344 g/mol. The summed E-state index contributed by atoms with van der Waals surface area (Å²) >= 11 is 0. The lowest BCUT2D eigenvalue weighted by Crippen LogP contribution is -2.58. The molecule has 0 saturated carbocycles. The third-order valence-electron chi connectivity index (χ3n) is 4.96. The predicted octanol–water partition coefficient (Wildman–Crippen LogP) is 3.27. The molecule has 6 nitrogen and oxygen atoms in total. The van der Waals surface area contributed by atoms with Crippen molar-refractivity contribution in [3.05, 3.63) is 41.7 Å². The van der Waals surface area contributed by atoms with E-state index in [-0.39, 0.29) is 17.6 Å². The molecular formula is C21H24N2O4. The molecule has 27 heavy (non-hydrogen) atoms. The van der Waals surface area contributed by atoms with Gasteiger partial charge < -0.3 is 9.47 Å². The Morgan fingerprint density at radius 2 is 1.52 bits per heavy atom. The molecule has 0 unspecified atom stereocenters. The highest BCUT2D eigenvalue weighted by Crippen LogP contribution is 2.40. The van der Waals surface area contributed by atoms with Crippen molar-refractivity contribution in [3.8, 4) is 17.1 Å². The third-order valence-corrected chi connectivity index (χ3v) is 4.96. The Kier molecular flexibility index (Phi) is 4.64. The molecule has 0 atom stereocenters. The zero-order valence-electron chi connectivity index (χ0n) is 16.5. The molecule has 3 rings (SSSR count). The van der Waals surface area contributed by atoms with E-state index in [0.29, 0.717) is 5.56 Å². The molecule has 1 aromatic carbocycles. The first-order chi connectivity index (χ1) is 12.6. The Morgan fingerprint density at radius 3 is 2.04 bits per heavy atom. The molecule has 6 heteroatoms. The van der Waals surface area contributed by atoms with Crippen molar-refractivity contribution < 1.29 is 19.1 Å². The van der Waals surface area contributed by atoms with Gasteiger partial charge in [0.2, 0.25) is 0 Å². The van der Waals surface area contributed by atoms with Crippen LogP contribution in [0.2, 0.25) is 0 Å². The minimum absolute atomic E-state index is 0.224. The summed E-state index contributed by atoms with van der Waals surface area (Å²) in [6, 6.07) is 5.99. The second kappa shape index (κ2) is 6.53. The van der Waals surface area contributed by atoms with Gasteiger partial charge in [-0.15, -0.1) is 0 Å². The van der Waals surface area contributed by atoms with E-state index < -0.39 is 17.1 Å². The van der Waals surface area contributed by atoms with Gasteiger partial charge in [-0.25, -0.2) is 9.97 Å². The van der Waals surface area contributed by atoms with E-state index in [1.54, 1.807) is 40.1 Å². The number of hydrogen-bond donors (Lipinski definition) is 0. The van der Waals surface area contributed by atoms with E-state index in [9.17, 15) is 9.59 Å². The van der Waals surface area contributed by atoms with Gasteiger partial charge in [0.1, 0.15) is 17.1 Å². The van der Waals surface area contributed by atoms with E-state index >= 15 is 0 Å². The summed E-state index contributed by atoms with van der Waals surface area (Å²) in [4.78, 5) is 34.3. The van der Waals surface area contributed by atoms with Crippen LogP contribution in [0.3, 0.4) is 0 Å². The molecule has 1 fully saturated rings. The summed E-state index contributed by atoms with van der Waals surface area (Å²) in [5.41, 5.74) is 1.13. The minimum atomic E-state index is -1.03. The van der Waals surface area contributed by atoms with Crippen molar-refractivity contribution in [2.24, 2.45) is 0 Å². The lowest BCUT2D eigenvalue weighted by atomic mass is 9.73. The summed E-state index contributed by atoms with van der Waals surface area (Å²) in [7, 11) is 1.50. The van der Waals surface area contributed by atoms with Crippen molar-refractivity contribution in [2.45, 2.75) is 51.7 Å². The third kappa shape index (κ3) is 3.37. The van der Waals surface area contributed by atoms with Crippen LogP contribution in [0, 0.1) is 6.92 Å². The first-order valence-electron chi connectivity index (χ1n) is 8.82. The van der Waals surface area contributed by atoms with Crippen LogP contribution in [0.5, 0.6) is 6.01 Å². The first kappa shape index (κ1) is 19.2. The standard InChI is InChI=1S/C21H24N2O4/c1-12-7-8-13(14-10-22-19(26-6)23-11-14)9-15(12)16-17(24)20(2,3)27-21(4,5)18(16)25/h7-11,16H,1-6H3. The highest BCUT2D eigenvalue weighted by molar-refractivity contribution is 6.15. The van der Waals surface area contributed by atoms with Crippen molar-refractivity contribution in [2.75, 3.05) is 7.11 Å². The molecule has 2 heterocycles. The Balaban J connectivity index is 2.09. The number of aryl methyl sites for hydroxylation is 1. The van der Waals surface area contributed by atoms with Gasteiger partial charge in [0.15, 0.2) is 11.6 Å². The van der Waals surface area contributed by atoms with Gasteiger partial charge in [-0.05, 0) is 57.4 Å². The van der Waals surface area contributed by atoms with E-state index in [2.05, 4.69) is 9.97 Å². The van der Waals surface area contributed by atoms with Gasteiger partial charge >= 0.3 is 6.01 Å². The number of nitrogens with zero attached hydrogens (tertiary/aromatic N) is 2. The van der Waals surface area contributed by atoms with Crippen LogP contribution in [0.1, 0.15) is 44.7 Å². The number of carbonyl (C=O) groups excluding carboxylic acids is 2. The fraction of sp³-hybridized carbons (Fsp3) is 0.429. The maximum absolute atomic E-state index is 13.0. The highest BCUT2D eigenvalue weighted by atomic mass is 16.5. The maximum Gasteiger partial charge on any atom is 0.316 e. The van der Waals surface area contributed by atoms with E-state index in [1.165, 1.54) is 7.11 Å². The largest absolute Gasteiger partial charge is 0.467 e. The van der Waals surface area contributed by atoms with E-state index in [4.69, 9.17) is 9.47 Å². The monoisotopic (exact) mass is 368 g/mol. The second-order valence-electron chi connectivity index (χ2n) is 7.81. The lowest BCUT2D eigenvalue weighted by Gasteiger charge is -2.43. The molecule has 0 spiro atoms. The van der Waals surface area contributed by atoms with Gasteiger partial charge in [-0.2, -0.15) is 0 Å². The fourth-order valence-electron chi connectivity index (χ4n) is 3.54. The predicted molar refractivity (Wildman–Crippen MR) is 101 cm³/mol. The summed E-state index contributed by atoms with van der Waals surface area (Å²) < 4.78 is 10.8. The number of Topliss-reactive ketones (excluding diaryl/α,β-unsaturated/α-hetero) is 2. The van der Waals surface area contributed by atoms with Crippen molar-refractivity contribution in [1.82, 2.24) is 9.97 Å².